The van der Waals surface area contributed by atoms with Crippen molar-refractivity contribution in [2.45, 2.75) is 38.9 Å². The molecule has 0 radical (unpaired) electrons. The summed E-state index contributed by atoms with van der Waals surface area (Å²) in [6, 6.07) is 7.56. The first kappa shape index (κ1) is 14.5. The number of hydrogen-bond acceptors (Lipinski definition) is 2. The van der Waals surface area contributed by atoms with Gasteiger partial charge in [0.2, 0.25) is 0 Å². The number of halogens is 1. The maximum atomic E-state index is 12.3. The Morgan fingerprint density at radius 3 is 2.63 bits per heavy atom. The van der Waals surface area contributed by atoms with Crippen molar-refractivity contribution in [2.75, 3.05) is 13.1 Å². The van der Waals surface area contributed by atoms with Crippen molar-refractivity contribution in [3.05, 3.63) is 34.3 Å². The molecule has 1 heterocycles. The Hall–Kier alpha value is -0.870. The molecular formula is C15H20BrNO2. The third-order valence-corrected chi connectivity index (χ3v) is 3.76. The van der Waals surface area contributed by atoms with Crippen LogP contribution in [-0.2, 0) is 4.74 Å². The van der Waals surface area contributed by atoms with Crippen LogP contribution in [0, 0.1) is 0 Å². The van der Waals surface area contributed by atoms with Crippen molar-refractivity contribution in [1.82, 2.24) is 4.90 Å². The average Bonchev–Trinajstić information content (AvgIpc) is 2.38. The lowest BCUT2D eigenvalue weighted by molar-refractivity contribution is -0.0236. The highest BCUT2D eigenvalue weighted by molar-refractivity contribution is 9.10. The molecule has 1 aromatic rings. The summed E-state index contributed by atoms with van der Waals surface area (Å²) < 4.78 is 6.74. The summed E-state index contributed by atoms with van der Waals surface area (Å²) in [4.78, 5) is 14.3. The van der Waals surface area contributed by atoms with Crippen LogP contribution >= 0.6 is 15.9 Å². The molecule has 1 aliphatic heterocycles. The van der Waals surface area contributed by atoms with Crippen molar-refractivity contribution in [2.24, 2.45) is 0 Å². The van der Waals surface area contributed by atoms with Gasteiger partial charge in [-0.2, -0.15) is 0 Å². The Labute approximate surface area is 123 Å². The molecule has 0 spiro atoms. The van der Waals surface area contributed by atoms with E-state index in [1.807, 2.05) is 29.2 Å². The minimum absolute atomic E-state index is 0.115. The maximum absolute atomic E-state index is 12.3. The van der Waals surface area contributed by atoms with Gasteiger partial charge < -0.3 is 9.64 Å². The van der Waals surface area contributed by atoms with Crippen LogP contribution in [0.1, 0.15) is 37.0 Å². The molecule has 104 valence electrons. The third kappa shape index (κ3) is 4.05. The van der Waals surface area contributed by atoms with Crippen LogP contribution in [0.4, 0.5) is 0 Å². The molecule has 0 aromatic heterocycles. The van der Waals surface area contributed by atoms with E-state index in [1.165, 1.54) is 0 Å². The second-order valence-corrected chi connectivity index (χ2v) is 6.10. The van der Waals surface area contributed by atoms with E-state index in [4.69, 9.17) is 4.74 Å². The third-order valence-electron chi connectivity index (χ3n) is 3.27. The van der Waals surface area contributed by atoms with Crippen molar-refractivity contribution >= 4 is 21.8 Å². The molecule has 1 saturated heterocycles. The molecule has 3 nitrogen and oxygen atoms in total. The molecule has 2 rings (SSSR count). The van der Waals surface area contributed by atoms with Gasteiger partial charge in [0, 0.05) is 23.1 Å². The molecule has 0 aliphatic carbocycles. The predicted molar refractivity (Wildman–Crippen MR) is 79.3 cm³/mol. The van der Waals surface area contributed by atoms with Crippen LogP contribution in [0.5, 0.6) is 0 Å². The van der Waals surface area contributed by atoms with Gasteiger partial charge in [0.05, 0.1) is 12.2 Å². The number of likely N-dealkylation sites (tertiary alicyclic amines) is 1. The van der Waals surface area contributed by atoms with Crippen molar-refractivity contribution in [3.8, 4) is 0 Å². The summed E-state index contributed by atoms with van der Waals surface area (Å²) in [6.07, 6.45) is 2.42. The molecule has 0 atom stereocenters. The van der Waals surface area contributed by atoms with E-state index < -0.39 is 0 Å². The van der Waals surface area contributed by atoms with E-state index in [2.05, 4.69) is 29.8 Å². The lowest BCUT2D eigenvalue weighted by Gasteiger charge is -2.33. The summed E-state index contributed by atoms with van der Waals surface area (Å²) in [5.41, 5.74) is 0.748. The van der Waals surface area contributed by atoms with Gasteiger partial charge in [-0.15, -0.1) is 0 Å². The number of carbonyl (C=O) groups is 1. The number of amides is 1. The van der Waals surface area contributed by atoms with E-state index in [-0.39, 0.29) is 12.0 Å². The van der Waals surface area contributed by atoms with Gasteiger partial charge in [-0.05, 0) is 44.9 Å². The predicted octanol–water partition coefficient (Wildman–Crippen LogP) is 3.48. The van der Waals surface area contributed by atoms with E-state index in [0.29, 0.717) is 6.10 Å². The number of hydrogen-bond donors (Lipinski definition) is 0. The van der Waals surface area contributed by atoms with Crippen LogP contribution in [0.15, 0.2) is 28.7 Å². The molecule has 0 bridgehead atoms. The van der Waals surface area contributed by atoms with E-state index >= 15 is 0 Å². The van der Waals surface area contributed by atoms with Crippen molar-refractivity contribution in [1.29, 1.82) is 0 Å². The van der Waals surface area contributed by atoms with Gasteiger partial charge in [-0.1, -0.05) is 22.0 Å². The molecule has 0 N–H and O–H groups in total. The Balaban J connectivity index is 1.92. The Kier molecular flexibility index (Phi) is 4.99. The smallest absolute Gasteiger partial charge is 0.253 e. The summed E-state index contributed by atoms with van der Waals surface area (Å²) >= 11 is 3.40. The Bertz CT molecular complexity index is 440. The summed E-state index contributed by atoms with van der Waals surface area (Å²) in [7, 11) is 0. The summed E-state index contributed by atoms with van der Waals surface area (Å²) in [5.74, 6) is 0.115. The molecule has 0 saturated carbocycles. The highest BCUT2D eigenvalue weighted by Gasteiger charge is 2.24. The minimum atomic E-state index is 0.115. The molecule has 0 unspecified atom stereocenters. The van der Waals surface area contributed by atoms with Crippen LogP contribution in [0.25, 0.3) is 0 Å². The number of ether oxygens (including phenoxy) is 1. The van der Waals surface area contributed by atoms with Crippen LogP contribution < -0.4 is 0 Å². The molecule has 19 heavy (non-hydrogen) atoms. The van der Waals surface area contributed by atoms with Crippen LogP contribution in [0.2, 0.25) is 0 Å². The fourth-order valence-corrected chi connectivity index (χ4v) is 2.78. The Morgan fingerprint density at radius 1 is 1.37 bits per heavy atom. The molecule has 1 amide bonds. The van der Waals surface area contributed by atoms with Crippen molar-refractivity contribution < 1.29 is 9.53 Å². The van der Waals surface area contributed by atoms with Gasteiger partial charge >= 0.3 is 0 Å². The molecule has 1 fully saturated rings. The van der Waals surface area contributed by atoms with Crippen LogP contribution in [0.3, 0.4) is 0 Å². The largest absolute Gasteiger partial charge is 0.375 e. The number of benzene rings is 1. The van der Waals surface area contributed by atoms with E-state index in [0.717, 1.165) is 36.0 Å². The number of nitrogens with zero attached hydrogens (tertiary/aromatic N) is 1. The van der Waals surface area contributed by atoms with Crippen molar-refractivity contribution in [3.63, 3.8) is 0 Å². The highest BCUT2D eigenvalue weighted by Crippen LogP contribution is 2.19. The van der Waals surface area contributed by atoms with Gasteiger partial charge in [-0.25, -0.2) is 0 Å². The van der Waals surface area contributed by atoms with Gasteiger partial charge in [0.1, 0.15) is 0 Å². The first-order valence-corrected chi connectivity index (χ1v) is 7.56. The zero-order valence-electron chi connectivity index (χ0n) is 11.4. The number of rotatable bonds is 3. The second kappa shape index (κ2) is 6.53. The maximum Gasteiger partial charge on any atom is 0.253 e. The SMILES string of the molecule is CC(C)OC1CCN(C(=O)c2cccc(Br)c2)CC1. The topological polar surface area (TPSA) is 29.5 Å². The van der Waals surface area contributed by atoms with E-state index in [1.54, 1.807) is 0 Å². The standard InChI is InChI=1S/C15H20BrNO2/c1-11(2)19-14-6-8-17(9-7-14)15(18)12-4-3-5-13(16)10-12/h3-5,10-11,14H,6-9H2,1-2H3. The molecular weight excluding hydrogens is 306 g/mol. The quantitative estimate of drug-likeness (QED) is 0.851. The average molecular weight is 326 g/mol. The monoisotopic (exact) mass is 325 g/mol. The zero-order chi connectivity index (χ0) is 13.8. The minimum Gasteiger partial charge on any atom is -0.375 e. The Morgan fingerprint density at radius 2 is 2.05 bits per heavy atom. The van der Waals surface area contributed by atoms with Gasteiger partial charge in [-0.3, -0.25) is 4.79 Å². The highest BCUT2D eigenvalue weighted by atomic mass is 79.9. The second-order valence-electron chi connectivity index (χ2n) is 5.19. The van der Waals surface area contributed by atoms with Gasteiger partial charge in [0.25, 0.3) is 5.91 Å². The normalized spacial score (nSPS) is 16.9. The van der Waals surface area contributed by atoms with Crippen LogP contribution in [-0.4, -0.2) is 36.1 Å². The summed E-state index contributed by atoms with van der Waals surface area (Å²) in [5, 5.41) is 0. The molecule has 1 aliphatic rings. The first-order valence-electron chi connectivity index (χ1n) is 6.76. The van der Waals surface area contributed by atoms with Gasteiger partial charge in [0.15, 0.2) is 0 Å². The lowest BCUT2D eigenvalue weighted by Crippen LogP contribution is -2.41. The fraction of sp³-hybridized carbons (Fsp3) is 0.533. The first-order chi connectivity index (χ1) is 9.06. The fourth-order valence-electron chi connectivity index (χ4n) is 2.38. The zero-order valence-corrected chi connectivity index (χ0v) is 13.0. The number of carbonyl (C=O) groups excluding carboxylic acids is 1. The molecule has 4 heteroatoms. The molecule has 1 aromatic carbocycles. The van der Waals surface area contributed by atoms with E-state index in [9.17, 15) is 4.79 Å². The number of piperidine rings is 1. The lowest BCUT2D eigenvalue weighted by atomic mass is 10.1. The summed E-state index contributed by atoms with van der Waals surface area (Å²) in [6.45, 7) is 5.67.